The highest BCUT2D eigenvalue weighted by atomic mass is 16.3. The summed E-state index contributed by atoms with van der Waals surface area (Å²) in [4.78, 5) is 4.41. The van der Waals surface area contributed by atoms with Gasteiger partial charge in [0.25, 0.3) is 0 Å². The highest BCUT2D eigenvalue weighted by Gasteiger charge is 2.07. The Morgan fingerprint density at radius 1 is 1.12 bits per heavy atom. The first-order chi connectivity index (χ1) is 8.13. The Labute approximate surface area is 105 Å². The van der Waals surface area contributed by atoms with Gasteiger partial charge in [0.2, 0.25) is 0 Å². The van der Waals surface area contributed by atoms with Crippen LogP contribution in [0.4, 0.5) is 5.69 Å². The maximum Gasteiger partial charge on any atom is 0.0664 e. The molecule has 0 saturated heterocycles. The van der Waals surface area contributed by atoms with Crippen LogP contribution in [0.2, 0.25) is 0 Å². The maximum atomic E-state index is 9.56. The third-order valence-corrected chi connectivity index (χ3v) is 3.01. The van der Waals surface area contributed by atoms with Crippen molar-refractivity contribution in [2.75, 3.05) is 38.6 Å². The number of aliphatic hydroxyl groups is 1. The van der Waals surface area contributed by atoms with Gasteiger partial charge in [0.15, 0.2) is 0 Å². The van der Waals surface area contributed by atoms with E-state index < -0.39 is 0 Å². The Bertz CT molecular complexity index is 302. The molecule has 0 aliphatic heterocycles. The van der Waals surface area contributed by atoms with Gasteiger partial charge >= 0.3 is 0 Å². The number of nitrogens with zero attached hydrogens (tertiary/aromatic N) is 2. The normalized spacial score (nSPS) is 12.8. The molecule has 0 saturated carbocycles. The van der Waals surface area contributed by atoms with E-state index in [-0.39, 0.29) is 6.10 Å². The predicted molar refractivity (Wildman–Crippen MR) is 73.5 cm³/mol. The van der Waals surface area contributed by atoms with E-state index in [4.69, 9.17) is 0 Å². The first-order valence-corrected chi connectivity index (χ1v) is 6.26. The molecule has 0 heterocycles. The van der Waals surface area contributed by atoms with Crippen LogP contribution in [-0.4, -0.2) is 49.8 Å². The molecule has 96 valence electrons. The smallest absolute Gasteiger partial charge is 0.0664 e. The Hall–Kier alpha value is -1.06. The van der Waals surface area contributed by atoms with Crippen LogP contribution in [0.15, 0.2) is 30.3 Å². The van der Waals surface area contributed by atoms with E-state index in [9.17, 15) is 5.11 Å². The maximum absolute atomic E-state index is 9.56. The van der Waals surface area contributed by atoms with E-state index in [1.807, 2.05) is 13.0 Å². The minimum Gasteiger partial charge on any atom is -0.392 e. The average Bonchev–Trinajstić information content (AvgIpc) is 2.36. The molecule has 0 aromatic heterocycles. The number of anilines is 1. The Morgan fingerprint density at radius 3 is 2.35 bits per heavy atom. The fraction of sp³-hybridized carbons (Fsp3) is 0.571. The fourth-order valence-corrected chi connectivity index (χ4v) is 1.71. The zero-order chi connectivity index (χ0) is 12.7. The van der Waals surface area contributed by atoms with Crippen LogP contribution in [-0.2, 0) is 0 Å². The lowest BCUT2D eigenvalue weighted by Crippen LogP contribution is -2.35. The Kier molecular flexibility index (Phi) is 6.01. The Morgan fingerprint density at radius 2 is 1.76 bits per heavy atom. The van der Waals surface area contributed by atoms with Crippen molar-refractivity contribution in [3.8, 4) is 0 Å². The summed E-state index contributed by atoms with van der Waals surface area (Å²) in [7, 11) is 4.15. The highest BCUT2D eigenvalue weighted by Crippen LogP contribution is 2.10. The van der Waals surface area contributed by atoms with Gasteiger partial charge in [-0.15, -0.1) is 0 Å². The summed E-state index contributed by atoms with van der Waals surface area (Å²) >= 11 is 0. The summed E-state index contributed by atoms with van der Waals surface area (Å²) in [6.45, 7) is 4.69. The number of rotatable bonds is 7. The number of hydrogen-bond acceptors (Lipinski definition) is 3. The van der Waals surface area contributed by atoms with E-state index in [0.29, 0.717) is 0 Å². The first-order valence-electron chi connectivity index (χ1n) is 6.26. The lowest BCUT2D eigenvalue weighted by atomic mass is 10.2. The van der Waals surface area contributed by atoms with Crippen molar-refractivity contribution in [3.63, 3.8) is 0 Å². The molecule has 0 amide bonds. The molecule has 0 aliphatic rings. The summed E-state index contributed by atoms with van der Waals surface area (Å²) in [5, 5.41) is 9.56. The van der Waals surface area contributed by atoms with Crippen molar-refractivity contribution >= 4 is 5.69 Å². The third-order valence-electron chi connectivity index (χ3n) is 3.01. The second-order valence-electron chi connectivity index (χ2n) is 4.58. The highest BCUT2D eigenvalue weighted by molar-refractivity contribution is 5.44. The van der Waals surface area contributed by atoms with Crippen LogP contribution in [0.25, 0.3) is 0 Å². The van der Waals surface area contributed by atoms with Crippen LogP contribution < -0.4 is 4.90 Å². The van der Waals surface area contributed by atoms with E-state index >= 15 is 0 Å². The zero-order valence-corrected chi connectivity index (χ0v) is 11.1. The summed E-state index contributed by atoms with van der Waals surface area (Å²) in [6.07, 6.45) is 0.612. The van der Waals surface area contributed by atoms with E-state index in [0.717, 1.165) is 26.1 Å². The molecule has 3 nitrogen and oxygen atoms in total. The minimum atomic E-state index is -0.206. The van der Waals surface area contributed by atoms with E-state index in [1.54, 1.807) is 0 Å². The van der Waals surface area contributed by atoms with Gasteiger partial charge in [-0.05, 0) is 25.6 Å². The van der Waals surface area contributed by atoms with Crippen LogP contribution >= 0.6 is 0 Å². The molecule has 1 atom stereocenters. The first kappa shape index (κ1) is 14.0. The molecule has 0 aliphatic carbocycles. The van der Waals surface area contributed by atoms with Crippen molar-refractivity contribution in [2.45, 2.75) is 19.4 Å². The fourth-order valence-electron chi connectivity index (χ4n) is 1.71. The number of likely N-dealkylation sites (N-methyl/N-ethyl adjacent to an activating group) is 2. The minimum absolute atomic E-state index is 0.206. The van der Waals surface area contributed by atoms with Crippen LogP contribution in [0.1, 0.15) is 13.3 Å². The van der Waals surface area contributed by atoms with Gasteiger partial charge in [-0.25, -0.2) is 0 Å². The van der Waals surface area contributed by atoms with Gasteiger partial charge in [0.05, 0.1) is 6.10 Å². The monoisotopic (exact) mass is 236 g/mol. The summed E-state index contributed by atoms with van der Waals surface area (Å²) < 4.78 is 0. The molecule has 0 bridgehead atoms. The van der Waals surface area contributed by atoms with E-state index in [2.05, 4.69) is 48.2 Å². The standard InChI is InChI=1S/C14H24N2O/c1-4-14(17)12-15(2)10-11-16(3)13-8-6-5-7-9-13/h5-9,14,17H,4,10-12H2,1-3H3. The van der Waals surface area contributed by atoms with Crippen LogP contribution in [0.5, 0.6) is 0 Å². The summed E-state index contributed by atoms with van der Waals surface area (Å²) in [5.74, 6) is 0. The van der Waals surface area contributed by atoms with Gasteiger partial charge < -0.3 is 14.9 Å². The molecule has 1 aromatic rings. The Balaban J connectivity index is 2.31. The molecular weight excluding hydrogens is 212 g/mol. The molecule has 3 heteroatoms. The van der Waals surface area contributed by atoms with Gasteiger partial charge in [0, 0.05) is 32.4 Å². The quantitative estimate of drug-likeness (QED) is 0.782. The largest absolute Gasteiger partial charge is 0.392 e. The average molecular weight is 236 g/mol. The number of benzene rings is 1. The molecule has 1 rings (SSSR count). The summed E-state index contributed by atoms with van der Waals surface area (Å²) in [5.41, 5.74) is 1.23. The van der Waals surface area contributed by atoms with E-state index in [1.165, 1.54) is 5.69 Å². The zero-order valence-electron chi connectivity index (χ0n) is 11.1. The molecule has 1 unspecified atom stereocenters. The van der Waals surface area contributed by atoms with Crippen molar-refractivity contribution in [1.29, 1.82) is 0 Å². The molecule has 0 fully saturated rings. The van der Waals surface area contributed by atoms with Crippen molar-refractivity contribution in [1.82, 2.24) is 4.90 Å². The number of para-hydroxylation sites is 1. The molecule has 1 N–H and O–H groups in total. The number of aliphatic hydroxyl groups excluding tert-OH is 1. The van der Waals surface area contributed by atoms with Crippen LogP contribution in [0, 0.1) is 0 Å². The molecule has 1 aromatic carbocycles. The number of hydrogen-bond donors (Lipinski definition) is 1. The third kappa shape index (κ3) is 5.20. The molecule has 0 radical (unpaired) electrons. The lowest BCUT2D eigenvalue weighted by molar-refractivity contribution is 0.123. The van der Waals surface area contributed by atoms with Crippen molar-refractivity contribution in [3.05, 3.63) is 30.3 Å². The second kappa shape index (κ2) is 7.30. The second-order valence-corrected chi connectivity index (χ2v) is 4.58. The van der Waals surface area contributed by atoms with Crippen molar-refractivity contribution < 1.29 is 5.11 Å². The molecule has 0 spiro atoms. The molecular formula is C14H24N2O. The van der Waals surface area contributed by atoms with Gasteiger partial charge in [-0.1, -0.05) is 25.1 Å². The van der Waals surface area contributed by atoms with Crippen molar-refractivity contribution in [2.24, 2.45) is 0 Å². The predicted octanol–water partition coefficient (Wildman–Crippen LogP) is 1.83. The van der Waals surface area contributed by atoms with Gasteiger partial charge in [-0.3, -0.25) is 0 Å². The van der Waals surface area contributed by atoms with Gasteiger partial charge in [0.1, 0.15) is 0 Å². The summed E-state index contributed by atoms with van der Waals surface area (Å²) in [6, 6.07) is 10.4. The van der Waals surface area contributed by atoms with Crippen LogP contribution in [0.3, 0.4) is 0 Å². The topological polar surface area (TPSA) is 26.7 Å². The molecule has 17 heavy (non-hydrogen) atoms. The lowest BCUT2D eigenvalue weighted by Gasteiger charge is -2.24. The SMILES string of the molecule is CCC(O)CN(C)CCN(C)c1ccccc1. The van der Waals surface area contributed by atoms with Gasteiger partial charge in [-0.2, -0.15) is 0 Å².